The number of nitrogens with zero attached hydrogens (tertiary/aromatic N) is 1. The largest absolute Gasteiger partial charge is 0.451 e. The Kier molecular flexibility index (Phi) is 7.55. The molecule has 0 unspecified atom stereocenters. The second-order valence-electron chi connectivity index (χ2n) is 5.85. The Morgan fingerprint density at radius 1 is 1.19 bits per heavy atom. The first-order valence-electron chi connectivity index (χ1n) is 8.60. The maximum atomic E-state index is 12.5. The van der Waals surface area contributed by atoms with E-state index in [1.165, 1.54) is 18.7 Å². The summed E-state index contributed by atoms with van der Waals surface area (Å²) in [6.45, 7) is 3.46. The molecule has 2 rings (SSSR count). The number of thioether (sulfide) groups is 1. The molecule has 0 spiro atoms. The van der Waals surface area contributed by atoms with Gasteiger partial charge in [0.15, 0.2) is 6.10 Å². The van der Waals surface area contributed by atoms with E-state index in [0.29, 0.717) is 28.3 Å². The Hall–Kier alpha value is -2.67. The van der Waals surface area contributed by atoms with Gasteiger partial charge in [0, 0.05) is 23.9 Å². The van der Waals surface area contributed by atoms with Crippen molar-refractivity contribution in [2.24, 2.45) is 0 Å². The monoisotopic (exact) mass is 386 g/mol. The molecular weight excluding hydrogens is 364 g/mol. The number of esters is 1. The summed E-state index contributed by atoms with van der Waals surface area (Å²) >= 11 is 1.33. The molecule has 27 heavy (non-hydrogen) atoms. The third-order valence-corrected chi connectivity index (χ3v) is 4.48. The topological polar surface area (TPSA) is 85.4 Å². The highest BCUT2D eigenvalue weighted by Gasteiger charge is 2.22. The van der Waals surface area contributed by atoms with Crippen molar-refractivity contribution in [3.8, 4) is 0 Å². The molecule has 0 bridgehead atoms. The molecule has 6 nitrogen and oxygen atoms in total. The van der Waals surface area contributed by atoms with Gasteiger partial charge >= 0.3 is 5.97 Å². The number of Topliss-reactive ketones (excluding diaryl/α,β-unsaturated/α-hetero) is 1. The van der Waals surface area contributed by atoms with Crippen molar-refractivity contribution in [2.75, 3.05) is 11.6 Å². The number of aromatic nitrogens is 1. The molecule has 0 saturated heterocycles. The summed E-state index contributed by atoms with van der Waals surface area (Å²) in [5.41, 5.74) is 1.35. The molecular formula is C20H22N2O4S. The molecule has 0 saturated carbocycles. The number of hydrogen-bond donors (Lipinski definition) is 1. The second-order valence-corrected chi connectivity index (χ2v) is 6.64. The molecule has 1 N–H and O–H groups in total. The van der Waals surface area contributed by atoms with Crippen LogP contribution in [-0.4, -0.2) is 35.0 Å². The van der Waals surface area contributed by atoms with E-state index in [1.54, 1.807) is 42.6 Å². The summed E-state index contributed by atoms with van der Waals surface area (Å²) in [5.74, 6) is -0.971. The maximum absolute atomic E-state index is 12.5. The average molecular weight is 386 g/mol. The number of ether oxygens (including phenoxy) is 1. The third-order valence-electron chi connectivity index (χ3n) is 3.77. The Morgan fingerprint density at radius 3 is 2.52 bits per heavy atom. The molecule has 1 amide bonds. The predicted octanol–water partition coefficient (Wildman–Crippen LogP) is 3.97. The van der Waals surface area contributed by atoms with Crippen LogP contribution in [0.3, 0.4) is 0 Å². The molecule has 2 aromatic rings. The van der Waals surface area contributed by atoms with Crippen LogP contribution in [0.5, 0.6) is 0 Å². The molecule has 142 valence electrons. The van der Waals surface area contributed by atoms with Gasteiger partial charge in [-0.05, 0) is 56.0 Å². The van der Waals surface area contributed by atoms with Gasteiger partial charge in [-0.25, -0.2) is 9.78 Å². The zero-order valence-corrected chi connectivity index (χ0v) is 16.3. The minimum Gasteiger partial charge on any atom is -0.451 e. The molecule has 0 aliphatic rings. The van der Waals surface area contributed by atoms with E-state index in [9.17, 15) is 14.4 Å². The molecule has 1 aromatic heterocycles. The fraction of sp³-hybridized carbons (Fsp3) is 0.300. The van der Waals surface area contributed by atoms with E-state index in [1.807, 2.05) is 13.2 Å². The lowest BCUT2D eigenvalue weighted by Gasteiger charge is -2.14. The molecule has 0 fully saturated rings. The lowest BCUT2D eigenvalue weighted by atomic mass is 10.1. The Bertz CT molecular complexity index is 821. The van der Waals surface area contributed by atoms with Crippen LogP contribution in [0.4, 0.5) is 5.69 Å². The summed E-state index contributed by atoms with van der Waals surface area (Å²) in [6, 6.07) is 9.78. The number of pyridine rings is 1. The summed E-state index contributed by atoms with van der Waals surface area (Å²) in [5, 5.41) is 3.31. The second kappa shape index (κ2) is 9.87. The van der Waals surface area contributed by atoms with Crippen LogP contribution in [-0.2, 0) is 9.53 Å². The molecule has 1 heterocycles. The van der Waals surface area contributed by atoms with Crippen LogP contribution in [0.1, 0.15) is 47.4 Å². The minimum absolute atomic E-state index is 0.0695. The third kappa shape index (κ3) is 5.65. The predicted molar refractivity (Wildman–Crippen MR) is 105 cm³/mol. The van der Waals surface area contributed by atoms with Crippen molar-refractivity contribution in [3.05, 3.63) is 53.7 Å². The molecule has 0 aliphatic carbocycles. The Morgan fingerprint density at radius 2 is 1.89 bits per heavy atom. The van der Waals surface area contributed by atoms with Crippen molar-refractivity contribution in [2.45, 2.75) is 37.8 Å². The van der Waals surface area contributed by atoms with Gasteiger partial charge in [0.05, 0.1) is 5.56 Å². The van der Waals surface area contributed by atoms with Crippen LogP contribution in [0.25, 0.3) is 0 Å². The molecule has 1 atom stereocenters. The number of anilines is 1. The lowest BCUT2D eigenvalue weighted by Crippen LogP contribution is -2.25. The quantitative estimate of drug-likeness (QED) is 0.420. The van der Waals surface area contributed by atoms with Gasteiger partial charge in [-0.3, -0.25) is 9.59 Å². The van der Waals surface area contributed by atoms with Crippen molar-refractivity contribution >= 4 is 35.1 Å². The van der Waals surface area contributed by atoms with Gasteiger partial charge in [0.1, 0.15) is 5.03 Å². The number of benzene rings is 1. The summed E-state index contributed by atoms with van der Waals surface area (Å²) in [7, 11) is 0. The first-order valence-corrected chi connectivity index (χ1v) is 9.82. The van der Waals surface area contributed by atoms with Crippen molar-refractivity contribution < 1.29 is 19.1 Å². The van der Waals surface area contributed by atoms with Gasteiger partial charge < -0.3 is 10.1 Å². The highest BCUT2D eigenvalue weighted by molar-refractivity contribution is 7.98. The van der Waals surface area contributed by atoms with Crippen molar-refractivity contribution in [1.29, 1.82) is 0 Å². The van der Waals surface area contributed by atoms with Gasteiger partial charge in [0.2, 0.25) is 11.7 Å². The number of ketones is 1. The van der Waals surface area contributed by atoms with Crippen LogP contribution >= 0.6 is 11.8 Å². The van der Waals surface area contributed by atoms with E-state index in [-0.39, 0.29) is 11.7 Å². The van der Waals surface area contributed by atoms with Crippen LogP contribution in [0.2, 0.25) is 0 Å². The SMILES string of the molecule is CCCC(=O)Nc1ccc(C(=O)[C@H](C)OC(=O)c2cccnc2SC)cc1. The van der Waals surface area contributed by atoms with E-state index in [4.69, 9.17) is 4.74 Å². The number of nitrogens with one attached hydrogen (secondary N) is 1. The van der Waals surface area contributed by atoms with E-state index in [0.717, 1.165) is 6.42 Å². The van der Waals surface area contributed by atoms with E-state index in [2.05, 4.69) is 10.3 Å². The minimum atomic E-state index is -0.937. The van der Waals surface area contributed by atoms with Gasteiger partial charge in [-0.1, -0.05) is 6.92 Å². The van der Waals surface area contributed by atoms with Crippen LogP contribution in [0.15, 0.2) is 47.6 Å². The number of carbonyl (C=O) groups is 3. The number of amides is 1. The fourth-order valence-corrected chi connectivity index (χ4v) is 2.93. The molecule has 7 heteroatoms. The highest BCUT2D eigenvalue weighted by Crippen LogP contribution is 2.19. The summed E-state index contributed by atoms with van der Waals surface area (Å²) in [4.78, 5) is 40.6. The Balaban J connectivity index is 2.02. The molecule has 1 aromatic carbocycles. The zero-order valence-electron chi connectivity index (χ0n) is 15.5. The normalized spacial score (nSPS) is 11.5. The van der Waals surface area contributed by atoms with Crippen molar-refractivity contribution in [1.82, 2.24) is 4.98 Å². The molecule has 0 aliphatic heterocycles. The zero-order chi connectivity index (χ0) is 19.8. The van der Waals surface area contributed by atoms with Gasteiger partial charge in [-0.2, -0.15) is 0 Å². The fourth-order valence-electron chi connectivity index (χ4n) is 2.39. The summed E-state index contributed by atoms with van der Waals surface area (Å²) < 4.78 is 5.31. The van der Waals surface area contributed by atoms with Crippen LogP contribution in [0, 0.1) is 0 Å². The highest BCUT2D eigenvalue weighted by atomic mass is 32.2. The number of carbonyl (C=O) groups excluding carboxylic acids is 3. The van der Waals surface area contributed by atoms with Gasteiger partial charge in [0.25, 0.3) is 0 Å². The standard InChI is InChI=1S/C20H22N2O4S/c1-4-6-17(23)22-15-10-8-14(9-11-15)18(24)13(2)26-20(25)16-7-5-12-21-19(16)27-3/h5,7-13H,4,6H2,1-3H3,(H,22,23)/t13-/m0/s1. The Labute approximate surface area is 162 Å². The number of hydrogen-bond acceptors (Lipinski definition) is 6. The summed E-state index contributed by atoms with van der Waals surface area (Å²) in [6.07, 6.45) is 3.68. The van der Waals surface area contributed by atoms with Crippen LogP contribution < -0.4 is 5.32 Å². The number of rotatable bonds is 8. The van der Waals surface area contributed by atoms with E-state index < -0.39 is 12.1 Å². The first kappa shape index (κ1) is 20.6. The first-order chi connectivity index (χ1) is 13.0. The average Bonchev–Trinajstić information content (AvgIpc) is 2.68. The lowest BCUT2D eigenvalue weighted by molar-refractivity contribution is -0.116. The van der Waals surface area contributed by atoms with Crippen molar-refractivity contribution in [3.63, 3.8) is 0 Å². The maximum Gasteiger partial charge on any atom is 0.341 e. The molecule has 0 radical (unpaired) electrons. The smallest absolute Gasteiger partial charge is 0.341 e. The van der Waals surface area contributed by atoms with Gasteiger partial charge in [-0.15, -0.1) is 11.8 Å². The van der Waals surface area contributed by atoms with E-state index >= 15 is 0 Å².